The summed E-state index contributed by atoms with van der Waals surface area (Å²) in [6.07, 6.45) is 4.65. The minimum absolute atomic E-state index is 0.148. The molecule has 0 atom stereocenters. The Morgan fingerprint density at radius 2 is 1.87 bits per heavy atom. The van der Waals surface area contributed by atoms with E-state index in [-0.39, 0.29) is 6.54 Å². The number of ether oxygens (including phenoxy) is 3. The second kappa shape index (κ2) is 11.4. The maximum absolute atomic E-state index is 12.6. The molecule has 0 saturated heterocycles. The molecule has 0 fully saturated rings. The van der Waals surface area contributed by atoms with Crippen molar-refractivity contribution in [3.05, 3.63) is 58.9 Å². The predicted octanol–water partition coefficient (Wildman–Crippen LogP) is 3.72. The van der Waals surface area contributed by atoms with Gasteiger partial charge in [0.25, 0.3) is 21.0 Å². The van der Waals surface area contributed by atoms with Gasteiger partial charge in [-0.2, -0.15) is 13.0 Å². The Labute approximate surface area is 225 Å². The largest absolute Gasteiger partial charge is 0.497 e. The molecule has 1 aliphatic heterocycles. The molecule has 2 N–H and O–H groups in total. The van der Waals surface area contributed by atoms with Gasteiger partial charge in [-0.05, 0) is 43.2 Å². The molecule has 12 heteroatoms. The van der Waals surface area contributed by atoms with Gasteiger partial charge >= 0.3 is 0 Å². The lowest BCUT2D eigenvalue weighted by Gasteiger charge is -2.16. The second-order valence-corrected chi connectivity index (χ2v) is 10.9. The lowest BCUT2D eigenvalue weighted by atomic mass is 10.2. The molecular weight excluding hydrogens is 530 g/mol. The van der Waals surface area contributed by atoms with Gasteiger partial charge in [-0.25, -0.2) is 0 Å². The third-order valence-corrected chi connectivity index (χ3v) is 7.59. The van der Waals surface area contributed by atoms with Crippen molar-refractivity contribution in [2.75, 3.05) is 31.5 Å². The molecule has 38 heavy (non-hydrogen) atoms. The van der Waals surface area contributed by atoms with E-state index in [2.05, 4.69) is 10.2 Å². The van der Waals surface area contributed by atoms with Crippen LogP contribution >= 0.6 is 11.3 Å². The van der Waals surface area contributed by atoms with E-state index in [1.54, 1.807) is 18.8 Å². The molecule has 0 radical (unpaired) electrons. The summed E-state index contributed by atoms with van der Waals surface area (Å²) in [5.74, 6) is 1.39. The summed E-state index contributed by atoms with van der Waals surface area (Å²) < 4.78 is 50.8. The number of hydrogen-bond acceptors (Lipinski definition) is 8. The maximum atomic E-state index is 12.6. The first-order valence-electron chi connectivity index (χ1n) is 11.9. The van der Waals surface area contributed by atoms with Crippen LogP contribution < -0.4 is 29.0 Å². The van der Waals surface area contributed by atoms with Gasteiger partial charge in [0.1, 0.15) is 22.1 Å². The Morgan fingerprint density at radius 1 is 1.16 bits per heavy atom. The lowest BCUT2D eigenvalue weighted by Crippen LogP contribution is -2.45. The molecule has 4 rings (SSSR count). The zero-order valence-electron chi connectivity index (χ0n) is 21.6. The molecular formula is C26H30N3O7S2+. The van der Waals surface area contributed by atoms with E-state index in [1.165, 1.54) is 11.3 Å². The third-order valence-electron chi connectivity index (χ3n) is 5.97. The van der Waals surface area contributed by atoms with E-state index < -0.39 is 21.9 Å². The van der Waals surface area contributed by atoms with Gasteiger partial charge in [0, 0.05) is 24.8 Å². The number of amides is 1. The molecule has 202 valence electrons. The fourth-order valence-corrected chi connectivity index (χ4v) is 5.52. The van der Waals surface area contributed by atoms with Gasteiger partial charge in [0.15, 0.2) is 5.75 Å². The van der Waals surface area contributed by atoms with Crippen LogP contribution in [-0.2, 0) is 21.5 Å². The number of rotatable bonds is 10. The van der Waals surface area contributed by atoms with Gasteiger partial charge in [-0.15, -0.1) is 0 Å². The van der Waals surface area contributed by atoms with Crippen molar-refractivity contribution in [3.63, 3.8) is 0 Å². The number of allylic oxidation sites excluding steroid dienone is 2. The number of carbonyl (C=O) groups is 1. The number of fused-ring (bicyclic) bond motifs is 2. The van der Waals surface area contributed by atoms with Crippen LogP contribution in [0, 0.1) is 0 Å². The first kappa shape index (κ1) is 27.4. The number of hydrogen-bond donors (Lipinski definition) is 2. The standard InChI is InChI=1S/C26H29N3O7S2/c1-5-17(11-25-28(6-2)20-13-18(34-3)7-9-22(20)36-25)12-26-29(15-24(30)27-16-38(31,32)33)21-14-19(35-4)8-10-23(21)37-26/h7-14H,5-6,15-16H2,1-4H3,(H-,27,30,31,32,33)/p+1. The zero-order valence-corrected chi connectivity index (χ0v) is 23.2. The number of benzene rings is 2. The molecule has 2 aromatic carbocycles. The fourth-order valence-electron chi connectivity index (χ4n) is 4.05. The minimum Gasteiger partial charge on any atom is -0.497 e. The summed E-state index contributed by atoms with van der Waals surface area (Å²) in [5.41, 5.74) is 2.65. The van der Waals surface area contributed by atoms with Crippen molar-refractivity contribution >= 4 is 49.3 Å². The molecule has 2 heterocycles. The van der Waals surface area contributed by atoms with Gasteiger partial charge in [0.05, 0.1) is 26.0 Å². The van der Waals surface area contributed by atoms with Crippen LogP contribution in [0.5, 0.6) is 17.2 Å². The van der Waals surface area contributed by atoms with Crippen LogP contribution in [0.4, 0.5) is 5.69 Å². The number of thiazole rings is 1. The lowest BCUT2D eigenvalue weighted by molar-refractivity contribution is -0.655. The van der Waals surface area contributed by atoms with E-state index in [0.717, 1.165) is 38.0 Å². The van der Waals surface area contributed by atoms with Gasteiger partial charge in [-0.3, -0.25) is 9.35 Å². The third kappa shape index (κ3) is 6.09. The van der Waals surface area contributed by atoms with Crippen LogP contribution in [-0.4, -0.2) is 45.5 Å². The normalized spacial score (nSPS) is 14.5. The molecule has 0 aliphatic carbocycles. The van der Waals surface area contributed by atoms with Crippen molar-refractivity contribution in [2.45, 2.75) is 26.8 Å². The molecule has 1 aromatic heterocycles. The van der Waals surface area contributed by atoms with Gasteiger partial charge in [0.2, 0.25) is 17.9 Å². The first-order valence-corrected chi connectivity index (χ1v) is 14.4. The molecule has 1 aliphatic rings. The average molecular weight is 561 g/mol. The van der Waals surface area contributed by atoms with Crippen LogP contribution in [0.25, 0.3) is 16.3 Å². The zero-order chi connectivity index (χ0) is 27.4. The summed E-state index contributed by atoms with van der Waals surface area (Å²) in [6, 6.07) is 11.3. The molecule has 0 bridgehead atoms. The van der Waals surface area contributed by atoms with E-state index in [1.807, 2.05) is 62.4 Å². The predicted molar refractivity (Wildman–Crippen MR) is 146 cm³/mol. The summed E-state index contributed by atoms with van der Waals surface area (Å²) in [6.45, 7) is 4.62. The number of aromatic nitrogens is 1. The highest BCUT2D eigenvalue weighted by Crippen LogP contribution is 2.41. The Morgan fingerprint density at radius 3 is 2.53 bits per heavy atom. The molecule has 10 nitrogen and oxygen atoms in total. The number of methoxy groups -OCH3 is 2. The van der Waals surface area contributed by atoms with Gasteiger partial charge < -0.3 is 24.4 Å². The maximum Gasteiger partial charge on any atom is 0.286 e. The minimum atomic E-state index is -4.34. The summed E-state index contributed by atoms with van der Waals surface area (Å²) in [4.78, 5) is 14.7. The first-order chi connectivity index (χ1) is 18.1. The highest BCUT2D eigenvalue weighted by molar-refractivity contribution is 7.85. The Kier molecular flexibility index (Phi) is 8.24. The summed E-state index contributed by atoms with van der Waals surface area (Å²) in [7, 11) is -1.15. The van der Waals surface area contributed by atoms with Crippen molar-refractivity contribution in [1.29, 1.82) is 0 Å². The number of carbonyl (C=O) groups excluding carboxylic acids is 1. The highest BCUT2D eigenvalue weighted by Gasteiger charge is 2.27. The average Bonchev–Trinajstić information content (AvgIpc) is 3.42. The molecule has 0 saturated carbocycles. The van der Waals surface area contributed by atoms with Crippen LogP contribution in [0.1, 0.15) is 25.3 Å². The van der Waals surface area contributed by atoms with Crippen molar-refractivity contribution < 1.29 is 36.5 Å². The summed E-state index contributed by atoms with van der Waals surface area (Å²) >= 11 is 1.49. The van der Waals surface area contributed by atoms with E-state index in [4.69, 9.17) is 18.8 Å². The van der Waals surface area contributed by atoms with Gasteiger partial charge in [-0.1, -0.05) is 18.3 Å². The SMILES string of the molecule is CCC(/C=C1\Oc2ccc(OC)cc2N1CC)=C\c1sc2ccc(OC)cc2[n+]1CC(=O)NCS(=O)(=O)O. The van der Waals surface area contributed by atoms with E-state index >= 15 is 0 Å². The Hall–Kier alpha value is -3.61. The van der Waals surface area contributed by atoms with Crippen molar-refractivity contribution in [3.8, 4) is 17.2 Å². The fraction of sp³-hybridized carbons (Fsp3) is 0.308. The topological polar surface area (TPSA) is 118 Å². The highest BCUT2D eigenvalue weighted by atomic mass is 32.2. The second-order valence-electron chi connectivity index (χ2n) is 8.42. The monoisotopic (exact) mass is 560 g/mol. The smallest absolute Gasteiger partial charge is 0.286 e. The van der Waals surface area contributed by atoms with E-state index in [0.29, 0.717) is 24.6 Å². The molecule has 0 unspecified atom stereocenters. The van der Waals surface area contributed by atoms with Crippen molar-refractivity contribution in [2.24, 2.45) is 0 Å². The van der Waals surface area contributed by atoms with E-state index in [9.17, 15) is 13.2 Å². The molecule has 3 aromatic rings. The van der Waals surface area contributed by atoms with Crippen molar-refractivity contribution in [1.82, 2.24) is 5.32 Å². The Balaban J connectivity index is 1.73. The summed E-state index contributed by atoms with van der Waals surface area (Å²) in [5, 5.41) is 3.03. The van der Waals surface area contributed by atoms with Crippen LogP contribution in [0.2, 0.25) is 0 Å². The Bertz CT molecular complexity index is 1530. The molecule has 1 amide bonds. The van der Waals surface area contributed by atoms with Crippen LogP contribution in [0.3, 0.4) is 0 Å². The number of nitrogens with zero attached hydrogens (tertiary/aromatic N) is 2. The number of nitrogens with one attached hydrogen (secondary N) is 1. The molecule has 0 spiro atoms. The quantitative estimate of drug-likeness (QED) is 0.285. The van der Waals surface area contributed by atoms with Crippen LogP contribution in [0.15, 0.2) is 53.9 Å². The number of anilines is 1.